The van der Waals surface area contributed by atoms with Crippen LogP contribution in [-0.4, -0.2) is 87.9 Å². The van der Waals surface area contributed by atoms with Gasteiger partial charge in [-0.1, -0.05) is 18.2 Å². The number of rotatable bonds is 7. The summed E-state index contributed by atoms with van der Waals surface area (Å²) in [6.07, 6.45) is 2.52. The molecule has 0 aromatic heterocycles. The van der Waals surface area contributed by atoms with E-state index in [0.717, 1.165) is 58.4 Å². The van der Waals surface area contributed by atoms with Gasteiger partial charge in [0.05, 0.1) is 13.2 Å². The van der Waals surface area contributed by atoms with Crippen molar-refractivity contribution >= 4 is 11.6 Å². The molecule has 2 saturated heterocycles. The third kappa shape index (κ3) is 5.59. The molecule has 6 nitrogen and oxygen atoms in total. The summed E-state index contributed by atoms with van der Waals surface area (Å²) >= 11 is 0. The number of piperazine rings is 1. The Kier molecular flexibility index (Phi) is 7.78. The molecule has 2 heterocycles. The Bertz CT molecular complexity index is 571. The molecule has 1 aromatic rings. The number of nitrogens with one attached hydrogen (secondary N) is 1. The first kappa shape index (κ1) is 20.0. The zero-order chi connectivity index (χ0) is 18.9. The number of benzene rings is 1. The molecule has 2 fully saturated rings. The summed E-state index contributed by atoms with van der Waals surface area (Å²) in [5, 5.41) is 3.50. The molecule has 0 saturated carbocycles. The van der Waals surface area contributed by atoms with Gasteiger partial charge in [-0.2, -0.15) is 0 Å². The summed E-state index contributed by atoms with van der Waals surface area (Å²) in [4.78, 5) is 12.4. The number of anilines is 1. The first-order valence-corrected chi connectivity index (χ1v) is 10.4. The fourth-order valence-electron chi connectivity index (χ4n) is 4.04. The monoisotopic (exact) mass is 373 g/mol. The molecule has 0 bridgehead atoms. The summed E-state index contributed by atoms with van der Waals surface area (Å²) < 4.78 is 5.26. The van der Waals surface area contributed by atoms with Crippen LogP contribution >= 0.6 is 0 Å². The standard InChI is InChI=1S/C21H35N5O/c1-3-22-21(23-18-20-10-7-11-24(20)16-17-27-2)26-14-12-25(13-15-26)19-8-5-4-6-9-19/h4-6,8-9,20H,3,7,10-18H2,1-2H3,(H,22,23). The quantitative estimate of drug-likeness (QED) is 0.584. The zero-order valence-electron chi connectivity index (χ0n) is 16.9. The Labute approximate surface area is 164 Å². The molecule has 3 rings (SSSR count). The topological polar surface area (TPSA) is 43.3 Å². The van der Waals surface area contributed by atoms with E-state index >= 15 is 0 Å². The summed E-state index contributed by atoms with van der Waals surface area (Å²) in [6, 6.07) is 11.3. The van der Waals surface area contributed by atoms with E-state index in [4.69, 9.17) is 9.73 Å². The summed E-state index contributed by atoms with van der Waals surface area (Å²) in [6.45, 7) is 11.0. The third-order valence-corrected chi connectivity index (χ3v) is 5.57. The minimum atomic E-state index is 0.555. The van der Waals surface area contributed by atoms with Crippen LogP contribution in [0.2, 0.25) is 0 Å². The number of likely N-dealkylation sites (tertiary alicyclic amines) is 1. The number of aliphatic imine (C=N–C) groups is 1. The number of hydrogen-bond donors (Lipinski definition) is 1. The van der Waals surface area contributed by atoms with Gasteiger partial charge in [-0.25, -0.2) is 0 Å². The summed E-state index contributed by atoms with van der Waals surface area (Å²) in [5.74, 6) is 1.07. The molecular formula is C21H35N5O. The van der Waals surface area contributed by atoms with Gasteiger partial charge in [0.2, 0.25) is 0 Å². The van der Waals surface area contributed by atoms with Crippen LogP contribution in [0.3, 0.4) is 0 Å². The van der Waals surface area contributed by atoms with E-state index in [-0.39, 0.29) is 0 Å². The van der Waals surface area contributed by atoms with E-state index in [1.54, 1.807) is 7.11 Å². The van der Waals surface area contributed by atoms with Gasteiger partial charge in [-0.05, 0) is 38.4 Å². The summed E-state index contributed by atoms with van der Waals surface area (Å²) in [7, 11) is 1.78. The highest BCUT2D eigenvalue weighted by Gasteiger charge is 2.25. The van der Waals surface area contributed by atoms with Crippen LogP contribution in [0.15, 0.2) is 35.3 Å². The van der Waals surface area contributed by atoms with Crippen LogP contribution in [0.5, 0.6) is 0 Å². The fourth-order valence-corrected chi connectivity index (χ4v) is 4.04. The SMILES string of the molecule is CCNC(=NCC1CCCN1CCOC)N1CCN(c2ccccc2)CC1. The Morgan fingerprint density at radius 2 is 1.93 bits per heavy atom. The molecule has 1 atom stereocenters. The van der Waals surface area contributed by atoms with Crippen LogP contribution in [0.1, 0.15) is 19.8 Å². The molecule has 150 valence electrons. The second-order valence-electron chi connectivity index (χ2n) is 7.33. The Morgan fingerprint density at radius 1 is 1.15 bits per heavy atom. The summed E-state index contributed by atoms with van der Waals surface area (Å²) in [5.41, 5.74) is 1.32. The van der Waals surface area contributed by atoms with Crippen molar-refractivity contribution in [3.05, 3.63) is 30.3 Å². The largest absolute Gasteiger partial charge is 0.383 e. The van der Waals surface area contributed by atoms with Crippen LogP contribution in [0.4, 0.5) is 5.69 Å². The molecule has 0 radical (unpaired) electrons. The average molecular weight is 374 g/mol. The third-order valence-electron chi connectivity index (χ3n) is 5.57. The van der Waals surface area contributed by atoms with Crippen molar-refractivity contribution in [2.75, 3.05) is 71.0 Å². The van der Waals surface area contributed by atoms with Crippen molar-refractivity contribution in [2.45, 2.75) is 25.8 Å². The molecular weight excluding hydrogens is 338 g/mol. The zero-order valence-corrected chi connectivity index (χ0v) is 16.9. The van der Waals surface area contributed by atoms with Gasteiger partial charge in [-0.3, -0.25) is 9.89 Å². The van der Waals surface area contributed by atoms with Crippen molar-refractivity contribution in [1.29, 1.82) is 0 Å². The Hall–Kier alpha value is -1.79. The molecule has 1 N–H and O–H groups in total. The first-order chi connectivity index (χ1) is 13.3. The lowest BCUT2D eigenvalue weighted by molar-refractivity contribution is 0.142. The van der Waals surface area contributed by atoms with Crippen molar-refractivity contribution < 1.29 is 4.74 Å². The lowest BCUT2D eigenvalue weighted by atomic mass is 10.2. The predicted octanol–water partition coefficient (Wildman–Crippen LogP) is 1.88. The first-order valence-electron chi connectivity index (χ1n) is 10.4. The molecule has 0 amide bonds. The van der Waals surface area contributed by atoms with Crippen LogP contribution < -0.4 is 10.2 Å². The maximum Gasteiger partial charge on any atom is 0.194 e. The average Bonchev–Trinajstić information content (AvgIpc) is 3.17. The maximum atomic E-state index is 5.26. The molecule has 2 aliphatic rings. The van der Waals surface area contributed by atoms with Gasteiger partial charge in [0, 0.05) is 58.1 Å². The van der Waals surface area contributed by atoms with E-state index in [1.807, 2.05) is 0 Å². The number of ether oxygens (including phenoxy) is 1. The second-order valence-corrected chi connectivity index (χ2v) is 7.33. The van der Waals surface area contributed by atoms with Crippen molar-refractivity contribution in [1.82, 2.24) is 15.1 Å². The molecule has 27 heavy (non-hydrogen) atoms. The minimum absolute atomic E-state index is 0.555. The van der Waals surface area contributed by atoms with E-state index in [0.29, 0.717) is 6.04 Å². The number of hydrogen-bond acceptors (Lipinski definition) is 4. The maximum absolute atomic E-state index is 5.26. The van der Waals surface area contributed by atoms with Crippen LogP contribution in [0, 0.1) is 0 Å². The van der Waals surface area contributed by atoms with E-state index in [9.17, 15) is 0 Å². The highest BCUT2D eigenvalue weighted by atomic mass is 16.5. The minimum Gasteiger partial charge on any atom is -0.383 e. The lowest BCUT2D eigenvalue weighted by Crippen LogP contribution is -2.52. The smallest absolute Gasteiger partial charge is 0.194 e. The highest BCUT2D eigenvalue weighted by Crippen LogP contribution is 2.18. The molecule has 1 unspecified atom stereocenters. The van der Waals surface area contributed by atoms with Gasteiger partial charge in [0.25, 0.3) is 0 Å². The van der Waals surface area contributed by atoms with E-state index in [2.05, 4.69) is 57.3 Å². The fraction of sp³-hybridized carbons (Fsp3) is 0.667. The van der Waals surface area contributed by atoms with E-state index in [1.165, 1.54) is 25.1 Å². The van der Waals surface area contributed by atoms with Crippen LogP contribution in [0.25, 0.3) is 0 Å². The van der Waals surface area contributed by atoms with Gasteiger partial charge < -0.3 is 19.9 Å². The Morgan fingerprint density at radius 3 is 2.63 bits per heavy atom. The lowest BCUT2D eigenvalue weighted by Gasteiger charge is -2.38. The number of methoxy groups -OCH3 is 1. The van der Waals surface area contributed by atoms with Gasteiger partial charge in [0.15, 0.2) is 5.96 Å². The van der Waals surface area contributed by atoms with Gasteiger partial charge in [0.1, 0.15) is 0 Å². The van der Waals surface area contributed by atoms with Crippen molar-refractivity contribution in [3.63, 3.8) is 0 Å². The number of guanidine groups is 1. The molecule has 0 spiro atoms. The van der Waals surface area contributed by atoms with E-state index < -0.39 is 0 Å². The van der Waals surface area contributed by atoms with Crippen molar-refractivity contribution in [2.24, 2.45) is 4.99 Å². The molecule has 1 aromatic carbocycles. The second kappa shape index (κ2) is 10.5. The molecule has 2 aliphatic heterocycles. The van der Waals surface area contributed by atoms with Gasteiger partial charge >= 0.3 is 0 Å². The normalized spacial score (nSPS) is 21.7. The van der Waals surface area contributed by atoms with Crippen LogP contribution in [-0.2, 0) is 4.74 Å². The van der Waals surface area contributed by atoms with Gasteiger partial charge in [-0.15, -0.1) is 0 Å². The predicted molar refractivity (Wildman–Crippen MR) is 113 cm³/mol. The molecule has 0 aliphatic carbocycles. The Balaban J connectivity index is 1.55. The number of para-hydroxylation sites is 1. The number of nitrogens with zero attached hydrogens (tertiary/aromatic N) is 4. The highest BCUT2D eigenvalue weighted by molar-refractivity contribution is 5.80. The molecule has 6 heteroatoms. The van der Waals surface area contributed by atoms with Crippen molar-refractivity contribution in [3.8, 4) is 0 Å².